The second-order valence-electron chi connectivity index (χ2n) is 5.26. The second kappa shape index (κ2) is 5.43. The van der Waals surface area contributed by atoms with Gasteiger partial charge in [0.2, 0.25) is 5.89 Å². The van der Waals surface area contributed by atoms with Crippen molar-refractivity contribution in [2.45, 2.75) is 58.9 Å². The quantitative estimate of drug-likeness (QED) is 0.835. The fourth-order valence-electron chi connectivity index (χ4n) is 1.45. The summed E-state index contributed by atoms with van der Waals surface area (Å²) in [6, 6.07) is 0.495. The first-order chi connectivity index (χ1) is 7.43. The number of nitrogens with zero attached hydrogens (tertiary/aromatic N) is 2. The Morgan fingerprint density at radius 1 is 1.38 bits per heavy atom. The summed E-state index contributed by atoms with van der Waals surface area (Å²) < 4.78 is 5.23. The summed E-state index contributed by atoms with van der Waals surface area (Å²) in [5.74, 6) is 1.54. The van der Waals surface area contributed by atoms with Crippen molar-refractivity contribution in [1.29, 1.82) is 0 Å². The molecule has 92 valence electrons. The van der Waals surface area contributed by atoms with Gasteiger partial charge in [0.15, 0.2) is 5.82 Å². The molecule has 1 heterocycles. The van der Waals surface area contributed by atoms with Gasteiger partial charge >= 0.3 is 0 Å². The van der Waals surface area contributed by atoms with Gasteiger partial charge in [-0.15, -0.1) is 0 Å². The van der Waals surface area contributed by atoms with E-state index in [2.05, 4.69) is 50.1 Å². The van der Waals surface area contributed by atoms with Crippen LogP contribution < -0.4 is 5.32 Å². The Bertz CT molecular complexity index is 314. The second-order valence-corrected chi connectivity index (χ2v) is 5.26. The van der Waals surface area contributed by atoms with Crippen LogP contribution in [0.5, 0.6) is 0 Å². The average molecular weight is 225 g/mol. The zero-order valence-corrected chi connectivity index (χ0v) is 11.0. The Kier molecular flexibility index (Phi) is 4.47. The van der Waals surface area contributed by atoms with Gasteiger partial charge in [-0.2, -0.15) is 4.98 Å². The van der Waals surface area contributed by atoms with E-state index in [0.717, 1.165) is 31.1 Å². The van der Waals surface area contributed by atoms with Gasteiger partial charge in [-0.25, -0.2) is 0 Å². The van der Waals surface area contributed by atoms with E-state index in [-0.39, 0.29) is 5.41 Å². The molecule has 0 bridgehead atoms. The summed E-state index contributed by atoms with van der Waals surface area (Å²) in [6.07, 6.45) is 1.87. The van der Waals surface area contributed by atoms with Crippen LogP contribution >= 0.6 is 0 Å². The lowest BCUT2D eigenvalue weighted by Crippen LogP contribution is -2.25. The number of rotatable bonds is 5. The van der Waals surface area contributed by atoms with Crippen LogP contribution in [-0.4, -0.2) is 22.7 Å². The van der Waals surface area contributed by atoms with Gasteiger partial charge in [-0.05, 0) is 19.9 Å². The van der Waals surface area contributed by atoms with Gasteiger partial charge in [0.05, 0.1) is 0 Å². The lowest BCUT2D eigenvalue weighted by molar-refractivity contribution is 0.355. The van der Waals surface area contributed by atoms with Crippen molar-refractivity contribution in [3.63, 3.8) is 0 Å². The third-order valence-corrected chi connectivity index (χ3v) is 2.48. The highest BCUT2D eigenvalue weighted by molar-refractivity contribution is 5.00. The Hall–Kier alpha value is -0.900. The molecule has 0 aromatic carbocycles. The molecule has 4 nitrogen and oxygen atoms in total. The van der Waals surface area contributed by atoms with Gasteiger partial charge in [0.25, 0.3) is 0 Å². The van der Waals surface area contributed by atoms with E-state index in [4.69, 9.17) is 4.52 Å². The predicted octanol–water partition coefficient (Wildman–Crippen LogP) is 2.30. The smallest absolute Gasteiger partial charge is 0.226 e. The molecule has 1 N–H and O–H groups in total. The SMILES string of the molecule is CCNC(C)CCc1nc(C(C)(C)C)no1. The molecule has 4 heteroatoms. The Balaban J connectivity index is 2.47. The molecule has 0 aliphatic rings. The molecule has 0 spiro atoms. The summed E-state index contributed by atoms with van der Waals surface area (Å²) >= 11 is 0. The minimum atomic E-state index is -0.0327. The van der Waals surface area contributed by atoms with E-state index in [1.807, 2.05) is 0 Å². The van der Waals surface area contributed by atoms with Crippen molar-refractivity contribution in [2.24, 2.45) is 0 Å². The van der Waals surface area contributed by atoms with Crippen molar-refractivity contribution in [3.05, 3.63) is 11.7 Å². The van der Waals surface area contributed by atoms with Crippen molar-refractivity contribution >= 4 is 0 Å². The van der Waals surface area contributed by atoms with Crippen LogP contribution in [0.2, 0.25) is 0 Å². The van der Waals surface area contributed by atoms with Crippen LogP contribution in [0.25, 0.3) is 0 Å². The molecule has 1 aromatic heterocycles. The maximum Gasteiger partial charge on any atom is 0.226 e. The molecule has 1 atom stereocenters. The zero-order valence-electron chi connectivity index (χ0n) is 11.0. The number of aryl methyl sites for hydroxylation is 1. The molecule has 0 saturated heterocycles. The Labute approximate surface area is 97.8 Å². The Morgan fingerprint density at radius 2 is 2.06 bits per heavy atom. The van der Waals surface area contributed by atoms with Crippen LogP contribution in [0.1, 0.15) is 52.8 Å². The minimum Gasteiger partial charge on any atom is -0.339 e. The standard InChI is InChI=1S/C12H23N3O/c1-6-13-9(2)7-8-10-14-11(15-16-10)12(3,4)5/h9,13H,6-8H2,1-5H3. The molecular formula is C12H23N3O. The maximum absolute atomic E-state index is 5.23. The molecule has 1 unspecified atom stereocenters. The van der Waals surface area contributed by atoms with Gasteiger partial charge in [0.1, 0.15) is 0 Å². The maximum atomic E-state index is 5.23. The number of nitrogens with one attached hydrogen (secondary N) is 1. The van der Waals surface area contributed by atoms with Crippen molar-refractivity contribution in [1.82, 2.24) is 15.5 Å². The topological polar surface area (TPSA) is 51.0 Å². The molecule has 1 rings (SSSR count). The van der Waals surface area contributed by atoms with E-state index in [1.165, 1.54) is 0 Å². The number of hydrogen-bond acceptors (Lipinski definition) is 4. The minimum absolute atomic E-state index is 0.0327. The first-order valence-corrected chi connectivity index (χ1v) is 6.00. The van der Waals surface area contributed by atoms with Gasteiger partial charge in [-0.3, -0.25) is 0 Å². The molecule has 16 heavy (non-hydrogen) atoms. The lowest BCUT2D eigenvalue weighted by atomic mass is 9.96. The molecule has 0 amide bonds. The lowest BCUT2D eigenvalue weighted by Gasteiger charge is -2.11. The van der Waals surface area contributed by atoms with Crippen LogP contribution in [0.15, 0.2) is 4.52 Å². The summed E-state index contributed by atoms with van der Waals surface area (Å²) in [4.78, 5) is 4.41. The summed E-state index contributed by atoms with van der Waals surface area (Å²) in [5, 5.41) is 7.37. The number of aromatic nitrogens is 2. The average Bonchev–Trinajstić information content (AvgIpc) is 2.63. The molecule has 0 fully saturated rings. The van der Waals surface area contributed by atoms with Crippen LogP contribution in [0, 0.1) is 0 Å². The highest BCUT2D eigenvalue weighted by Crippen LogP contribution is 2.18. The fraction of sp³-hybridized carbons (Fsp3) is 0.833. The monoisotopic (exact) mass is 225 g/mol. The van der Waals surface area contributed by atoms with Crippen molar-refractivity contribution < 1.29 is 4.52 Å². The van der Waals surface area contributed by atoms with Crippen molar-refractivity contribution in [2.75, 3.05) is 6.54 Å². The van der Waals surface area contributed by atoms with E-state index in [0.29, 0.717) is 6.04 Å². The van der Waals surface area contributed by atoms with Crippen molar-refractivity contribution in [3.8, 4) is 0 Å². The third kappa shape index (κ3) is 3.93. The van der Waals surface area contributed by atoms with E-state index < -0.39 is 0 Å². The number of hydrogen-bond donors (Lipinski definition) is 1. The van der Waals surface area contributed by atoms with E-state index in [1.54, 1.807) is 0 Å². The fourth-order valence-corrected chi connectivity index (χ4v) is 1.45. The van der Waals surface area contributed by atoms with Gasteiger partial charge in [-0.1, -0.05) is 32.9 Å². The largest absolute Gasteiger partial charge is 0.339 e. The first-order valence-electron chi connectivity index (χ1n) is 6.00. The van der Waals surface area contributed by atoms with Crippen LogP contribution in [0.4, 0.5) is 0 Å². The van der Waals surface area contributed by atoms with E-state index in [9.17, 15) is 0 Å². The molecule has 0 aliphatic heterocycles. The molecular weight excluding hydrogens is 202 g/mol. The normalized spacial score (nSPS) is 14.1. The molecule has 1 aromatic rings. The van der Waals surface area contributed by atoms with Crippen LogP contribution in [-0.2, 0) is 11.8 Å². The predicted molar refractivity (Wildman–Crippen MR) is 64.5 cm³/mol. The van der Waals surface area contributed by atoms with Gasteiger partial charge in [0, 0.05) is 17.9 Å². The highest BCUT2D eigenvalue weighted by atomic mass is 16.5. The van der Waals surface area contributed by atoms with E-state index >= 15 is 0 Å². The zero-order chi connectivity index (χ0) is 12.2. The molecule has 0 radical (unpaired) electrons. The van der Waals surface area contributed by atoms with Crippen LogP contribution in [0.3, 0.4) is 0 Å². The summed E-state index contributed by atoms with van der Waals surface area (Å²) in [7, 11) is 0. The third-order valence-electron chi connectivity index (χ3n) is 2.48. The first kappa shape index (κ1) is 13.2. The Morgan fingerprint density at radius 3 is 2.56 bits per heavy atom. The summed E-state index contributed by atoms with van der Waals surface area (Å²) in [6.45, 7) is 11.5. The molecule has 0 saturated carbocycles. The molecule has 0 aliphatic carbocycles. The van der Waals surface area contributed by atoms with Gasteiger partial charge < -0.3 is 9.84 Å². The summed E-state index contributed by atoms with van der Waals surface area (Å²) in [5.41, 5.74) is -0.0327. The highest BCUT2D eigenvalue weighted by Gasteiger charge is 2.20.